The molecule has 2 amide bonds. The Hall–Kier alpha value is -2.38. The van der Waals surface area contributed by atoms with Gasteiger partial charge in [-0.05, 0) is 31.0 Å². The van der Waals surface area contributed by atoms with Gasteiger partial charge in [0.25, 0.3) is 0 Å². The van der Waals surface area contributed by atoms with Crippen molar-refractivity contribution < 1.29 is 9.59 Å². The number of aromatic nitrogens is 2. The van der Waals surface area contributed by atoms with Crippen LogP contribution < -0.4 is 0 Å². The largest absolute Gasteiger partial charge is 0.329 e. The lowest BCUT2D eigenvalue weighted by molar-refractivity contribution is -0.163. The Morgan fingerprint density at radius 1 is 1.07 bits per heavy atom. The average Bonchev–Trinajstić information content (AvgIpc) is 3.36. The Labute approximate surface area is 168 Å². The molecule has 2 aromatic rings. The summed E-state index contributed by atoms with van der Waals surface area (Å²) in [4.78, 5) is 31.5. The molecule has 0 unspecified atom stereocenters. The number of hydrogen-bond acceptors (Lipinski definition) is 4. The summed E-state index contributed by atoms with van der Waals surface area (Å²) in [6.45, 7) is 3.38. The molecular formula is C20H22ClN5O2. The Bertz CT molecular complexity index is 929. The standard InChI is InChI=1S/C20H22ClN5O2/c21-15-3-1-4-16(9-15)26-12-14(10-22-26)11-23-7-8-25-18(13-23)20(28)24-6-2-5-17(24)19(25)27/h1,3-4,9-10,12,17-18H,2,5-8,11,13H2/t17-,18-/m1/s1. The molecule has 0 bridgehead atoms. The predicted octanol–water partition coefficient (Wildman–Crippen LogP) is 1.54. The van der Waals surface area contributed by atoms with E-state index in [1.54, 1.807) is 9.80 Å². The molecule has 0 saturated carbocycles. The summed E-state index contributed by atoms with van der Waals surface area (Å²) in [7, 11) is 0. The second-order valence-electron chi connectivity index (χ2n) is 7.75. The van der Waals surface area contributed by atoms with E-state index in [0.717, 1.165) is 30.6 Å². The molecule has 3 aliphatic rings. The number of hydrogen-bond donors (Lipinski definition) is 0. The van der Waals surface area contributed by atoms with Crippen molar-refractivity contribution in [1.29, 1.82) is 0 Å². The van der Waals surface area contributed by atoms with E-state index >= 15 is 0 Å². The molecule has 5 rings (SSSR count). The monoisotopic (exact) mass is 399 g/mol. The third-order valence-electron chi connectivity index (χ3n) is 5.97. The zero-order chi connectivity index (χ0) is 19.3. The van der Waals surface area contributed by atoms with E-state index in [-0.39, 0.29) is 23.9 Å². The van der Waals surface area contributed by atoms with Crippen molar-refractivity contribution in [2.45, 2.75) is 31.5 Å². The summed E-state index contributed by atoms with van der Waals surface area (Å²) in [5.41, 5.74) is 1.98. The van der Waals surface area contributed by atoms with Crippen LogP contribution in [0.1, 0.15) is 18.4 Å². The topological polar surface area (TPSA) is 61.7 Å². The first kappa shape index (κ1) is 17.7. The Morgan fingerprint density at radius 3 is 2.75 bits per heavy atom. The van der Waals surface area contributed by atoms with E-state index in [4.69, 9.17) is 11.6 Å². The first-order chi connectivity index (χ1) is 13.6. The maximum absolute atomic E-state index is 12.9. The number of piperazine rings is 2. The fourth-order valence-corrected chi connectivity index (χ4v) is 4.77. The van der Waals surface area contributed by atoms with Crippen LogP contribution in [0.3, 0.4) is 0 Å². The molecule has 7 nitrogen and oxygen atoms in total. The second kappa shape index (κ2) is 6.90. The normalized spacial score (nSPS) is 25.2. The minimum absolute atomic E-state index is 0.112. The number of nitrogens with zero attached hydrogens (tertiary/aromatic N) is 5. The Morgan fingerprint density at radius 2 is 1.89 bits per heavy atom. The van der Waals surface area contributed by atoms with Crippen molar-refractivity contribution in [3.63, 3.8) is 0 Å². The first-order valence-electron chi connectivity index (χ1n) is 9.73. The summed E-state index contributed by atoms with van der Waals surface area (Å²) < 4.78 is 1.81. The lowest BCUT2D eigenvalue weighted by Crippen LogP contribution is -2.68. The van der Waals surface area contributed by atoms with Crippen molar-refractivity contribution in [3.05, 3.63) is 47.2 Å². The van der Waals surface area contributed by atoms with Gasteiger partial charge in [0, 0.05) is 49.5 Å². The van der Waals surface area contributed by atoms with E-state index in [0.29, 0.717) is 31.2 Å². The molecule has 0 radical (unpaired) electrons. The number of amides is 2. The molecule has 3 fully saturated rings. The maximum Gasteiger partial charge on any atom is 0.247 e. The van der Waals surface area contributed by atoms with Crippen LogP contribution in [-0.4, -0.2) is 74.6 Å². The minimum Gasteiger partial charge on any atom is -0.329 e. The van der Waals surface area contributed by atoms with Gasteiger partial charge in [-0.1, -0.05) is 17.7 Å². The average molecular weight is 400 g/mol. The summed E-state index contributed by atoms with van der Waals surface area (Å²) in [5.74, 6) is 0.247. The number of carbonyl (C=O) groups excluding carboxylic acids is 2. The zero-order valence-electron chi connectivity index (χ0n) is 15.5. The van der Waals surface area contributed by atoms with Gasteiger partial charge in [0.05, 0.1) is 11.9 Å². The van der Waals surface area contributed by atoms with Crippen LogP contribution in [0.5, 0.6) is 0 Å². The number of halogens is 1. The highest BCUT2D eigenvalue weighted by Crippen LogP contribution is 2.29. The molecule has 146 valence electrons. The third-order valence-corrected chi connectivity index (χ3v) is 6.20. The number of fused-ring (bicyclic) bond motifs is 2. The Kier molecular flexibility index (Phi) is 4.36. The van der Waals surface area contributed by atoms with Gasteiger partial charge in [0.1, 0.15) is 12.1 Å². The van der Waals surface area contributed by atoms with Crippen molar-refractivity contribution in [1.82, 2.24) is 24.5 Å². The van der Waals surface area contributed by atoms with Crippen LogP contribution in [0.15, 0.2) is 36.7 Å². The molecular weight excluding hydrogens is 378 g/mol. The Balaban J connectivity index is 1.29. The number of benzene rings is 1. The molecule has 0 aliphatic carbocycles. The lowest BCUT2D eigenvalue weighted by atomic mass is 10.0. The van der Waals surface area contributed by atoms with Gasteiger partial charge < -0.3 is 9.80 Å². The van der Waals surface area contributed by atoms with Crippen LogP contribution in [0.2, 0.25) is 5.02 Å². The first-order valence-corrected chi connectivity index (χ1v) is 10.1. The lowest BCUT2D eigenvalue weighted by Gasteiger charge is -2.47. The van der Waals surface area contributed by atoms with E-state index in [2.05, 4.69) is 10.00 Å². The number of carbonyl (C=O) groups is 2. The quantitative estimate of drug-likeness (QED) is 0.785. The van der Waals surface area contributed by atoms with Crippen LogP contribution in [0.4, 0.5) is 0 Å². The summed E-state index contributed by atoms with van der Waals surface area (Å²) >= 11 is 6.07. The van der Waals surface area contributed by atoms with Crippen LogP contribution in [0.25, 0.3) is 5.69 Å². The molecule has 8 heteroatoms. The van der Waals surface area contributed by atoms with Gasteiger partial charge in [-0.3, -0.25) is 14.5 Å². The summed E-state index contributed by atoms with van der Waals surface area (Å²) in [6, 6.07) is 7.00. The smallest absolute Gasteiger partial charge is 0.247 e. The fourth-order valence-electron chi connectivity index (χ4n) is 4.59. The van der Waals surface area contributed by atoms with Gasteiger partial charge in [0.2, 0.25) is 11.8 Å². The number of rotatable bonds is 3. The van der Waals surface area contributed by atoms with Gasteiger partial charge in [-0.25, -0.2) is 4.68 Å². The van der Waals surface area contributed by atoms with Gasteiger partial charge in [-0.2, -0.15) is 5.10 Å². The SMILES string of the molecule is O=C1[C@H]2CN(Cc3cnn(-c4cccc(Cl)c4)c3)CCN2C(=O)[C@H]2CCCN12. The molecule has 1 aromatic heterocycles. The molecule has 28 heavy (non-hydrogen) atoms. The highest BCUT2D eigenvalue weighted by molar-refractivity contribution is 6.30. The van der Waals surface area contributed by atoms with Crippen molar-refractivity contribution >= 4 is 23.4 Å². The molecule has 3 saturated heterocycles. The maximum atomic E-state index is 12.9. The molecule has 1 aromatic carbocycles. The van der Waals surface area contributed by atoms with E-state index in [9.17, 15) is 9.59 Å². The molecule has 2 atom stereocenters. The van der Waals surface area contributed by atoms with E-state index in [1.807, 2.05) is 41.3 Å². The van der Waals surface area contributed by atoms with Crippen molar-refractivity contribution in [2.24, 2.45) is 0 Å². The highest BCUT2D eigenvalue weighted by Gasteiger charge is 2.49. The van der Waals surface area contributed by atoms with Gasteiger partial charge >= 0.3 is 0 Å². The third kappa shape index (κ3) is 2.99. The molecule has 0 N–H and O–H groups in total. The zero-order valence-corrected chi connectivity index (χ0v) is 16.3. The predicted molar refractivity (Wildman–Crippen MR) is 104 cm³/mol. The summed E-state index contributed by atoms with van der Waals surface area (Å²) in [5, 5.41) is 5.11. The van der Waals surface area contributed by atoms with Crippen LogP contribution >= 0.6 is 11.6 Å². The van der Waals surface area contributed by atoms with E-state index < -0.39 is 0 Å². The summed E-state index contributed by atoms with van der Waals surface area (Å²) in [6.07, 6.45) is 5.56. The van der Waals surface area contributed by atoms with Gasteiger partial charge in [-0.15, -0.1) is 0 Å². The van der Waals surface area contributed by atoms with Crippen LogP contribution in [0, 0.1) is 0 Å². The van der Waals surface area contributed by atoms with Gasteiger partial charge in [0.15, 0.2) is 0 Å². The minimum atomic E-state index is -0.349. The molecule has 0 spiro atoms. The molecule has 3 aliphatic heterocycles. The van der Waals surface area contributed by atoms with E-state index in [1.165, 1.54) is 0 Å². The second-order valence-corrected chi connectivity index (χ2v) is 8.18. The van der Waals surface area contributed by atoms with Crippen molar-refractivity contribution in [3.8, 4) is 5.69 Å². The highest BCUT2D eigenvalue weighted by atomic mass is 35.5. The van der Waals surface area contributed by atoms with Crippen LogP contribution in [-0.2, 0) is 16.1 Å². The van der Waals surface area contributed by atoms with Crippen molar-refractivity contribution in [2.75, 3.05) is 26.2 Å². The molecule has 4 heterocycles. The fraction of sp³-hybridized carbons (Fsp3) is 0.450.